The third-order valence-corrected chi connectivity index (χ3v) is 3.21. The summed E-state index contributed by atoms with van der Waals surface area (Å²) in [5.41, 5.74) is -0.202. The maximum atomic E-state index is 10.8. The first-order valence-electron chi connectivity index (χ1n) is 7.88. The molecule has 0 aliphatic carbocycles. The molecule has 0 aliphatic rings. The number of rotatable bonds is 7. The predicted molar refractivity (Wildman–Crippen MR) is 97.8 cm³/mol. The molecule has 0 bridgehead atoms. The summed E-state index contributed by atoms with van der Waals surface area (Å²) in [5.74, 6) is 0. The SMILES string of the molecule is CC=COCCO.O=C=NC(N=C=O)(c1ccccc1)c1ccccc1. The summed E-state index contributed by atoms with van der Waals surface area (Å²) < 4.78 is 4.70. The van der Waals surface area contributed by atoms with Crippen LogP contribution in [0.2, 0.25) is 0 Å². The van der Waals surface area contributed by atoms with E-state index in [1.165, 1.54) is 12.2 Å². The zero-order valence-corrected chi connectivity index (χ0v) is 14.4. The molecule has 134 valence electrons. The number of aliphatic hydroxyl groups is 1. The third-order valence-electron chi connectivity index (χ3n) is 3.21. The van der Waals surface area contributed by atoms with Gasteiger partial charge in [0, 0.05) is 11.1 Å². The largest absolute Gasteiger partial charge is 0.499 e. The molecule has 1 N–H and O–H groups in total. The zero-order valence-electron chi connectivity index (χ0n) is 14.4. The maximum Gasteiger partial charge on any atom is 0.238 e. The highest BCUT2D eigenvalue weighted by Crippen LogP contribution is 2.34. The van der Waals surface area contributed by atoms with E-state index in [1.807, 2.05) is 19.1 Å². The quantitative estimate of drug-likeness (QED) is 0.359. The number of hydrogen-bond acceptors (Lipinski definition) is 6. The number of isocyanates is 2. The van der Waals surface area contributed by atoms with Crippen LogP contribution in [0.4, 0.5) is 0 Å². The molecule has 0 spiro atoms. The summed E-state index contributed by atoms with van der Waals surface area (Å²) in [6.07, 6.45) is 6.31. The molecule has 0 amide bonds. The second-order valence-corrected chi connectivity index (χ2v) is 4.87. The molecule has 2 aromatic rings. The first kappa shape index (κ1) is 20.7. The van der Waals surface area contributed by atoms with Gasteiger partial charge in [0.2, 0.25) is 17.8 Å². The van der Waals surface area contributed by atoms with Crippen molar-refractivity contribution >= 4 is 12.2 Å². The van der Waals surface area contributed by atoms with Crippen LogP contribution in [0, 0.1) is 0 Å². The lowest BCUT2D eigenvalue weighted by Crippen LogP contribution is -2.22. The van der Waals surface area contributed by atoms with Crippen molar-refractivity contribution in [1.82, 2.24) is 0 Å². The number of ether oxygens (including phenoxy) is 1. The molecular formula is C20H20N2O4. The molecule has 0 saturated carbocycles. The van der Waals surface area contributed by atoms with Crippen molar-refractivity contribution in [2.45, 2.75) is 12.6 Å². The van der Waals surface area contributed by atoms with E-state index in [0.717, 1.165) is 0 Å². The fraction of sp³-hybridized carbons (Fsp3) is 0.200. The summed E-state index contributed by atoms with van der Waals surface area (Å²) in [7, 11) is 0. The minimum atomic E-state index is -1.41. The van der Waals surface area contributed by atoms with Crippen molar-refractivity contribution in [3.05, 3.63) is 84.1 Å². The van der Waals surface area contributed by atoms with E-state index in [2.05, 4.69) is 9.98 Å². The van der Waals surface area contributed by atoms with Crippen LogP contribution in [0.1, 0.15) is 18.1 Å². The summed E-state index contributed by atoms with van der Waals surface area (Å²) >= 11 is 0. The highest BCUT2D eigenvalue weighted by molar-refractivity contribution is 5.49. The number of aliphatic imine (C=N–C) groups is 2. The molecule has 0 radical (unpaired) electrons. The number of nitrogens with zero attached hydrogens (tertiary/aromatic N) is 2. The van der Waals surface area contributed by atoms with Crippen LogP contribution in [0.5, 0.6) is 0 Å². The highest BCUT2D eigenvalue weighted by atomic mass is 16.5. The highest BCUT2D eigenvalue weighted by Gasteiger charge is 2.33. The van der Waals surface area contributed by atoms with E-state index < -0.39 is 5.66 Å². The maximum absolute atomic E-state index is 10.8. The standard InChI is InChI=1S/C15H10N2O2.C5H10O2/c18-11-16-15(17-12-19,13-7-3-1-4-8-13)14-9-5-2-6-10-14;1-2-4-7-5-3-6/h1-10H;2,4,6H,3,5H2,1H3. The summed E-state index contributed by atoms with van der Waals surface area (Å²) in [6.45, 7) is 2.34. The molecule has 2 rings (SSSR count). The zero-order chi connectivity index (χ0) is 19.1. The predicted octanol–water partition coefficient (Wildman–Crippen LogP) is 3.09. The van der Waals surface area contributed by atoms with Gasteiger partial charge in [0.05, 0.1) is 12.9 Å². The third kappa shape index (κ3) is 5.96. The Labute approximate surface area is 152 Å². The molecule has 26 heavy (non-hydrogen) atoms. The summed E-state index contributed by atoms with van der Waals surface area (Å²) in [4.78, 5) is 29.0. The Morgan fingerprint density at radius 2 is 1.42 bits per heavy atom. The fourth-order valence-electron chi connectivity index (χ4n) is 2.14. The molecule has 0 atom stereocenters. The lowest BCUT2D eigenvalue weighted by molar-refractivity contribution is 0.166. The molecular weight excluding hydrogens is 332 g/mol. The Bertz CT molecular complexity index is 703. The Morgan fingerprint density at radius 3 is 1.77 bits per heavy atom. The Hall–Kier alpha value is -3.30. The molecule has 0 aliphatic heterocycles. The normalized spacial score (nSPS) is 10.1. The van der Waals surface area contributed by atoms with Crippen molar-refractivity contribution in [3.8, 4) is 0 Å². The van der Waals surface area contributed by atoms with Gasteiger partial charge >= 0.3 is 0 Å². The van der Waals surface area contributed by atoms with Gasteiger partial charge in [0.1, 0.15) is 6.61 Å². The van der Waals surface area contributed by atoms with E-state index in [-0.39, 0.29) is 6.61 Å². The van der Waals surface area contributed by atoms with Crippen LogP contribution >= 0.6 is 0 Å². The molecule has 6 heteroatoms. The van der Waals surface area contributed by atoms with Crippen molar-refractivity contribution in [2.24, 2.45) is 9.98 Å². The van der Waals surface area contributed by atoms with Crippen LogP contribution in [0.3, 0.4) is 0 Å². The van der Waals surface area contributed by atoms with E-state index in [9.17, 15) is 9.59 Å². The minimum Gasteiger partial charge on any atom is -0.499 e. The van der Waals surface area contributed by atoms with Gasteiger partial charge in [-0.1, -0.05) is 66.7 Å². The Balaban J connectivity index is 0.000000412. The van der Waals surface area contributed by atoms with Gasteiger partial charge in [-0.3, -0.25) is 0 Å². The average molecular weight is 352 g/mol. The molecule has 6 nitrogen and oxygen atoms in total. The van der Waals surface area contributed by atoms with Crippen molar-refractivity contribution in [3.63, 3.8) is 0 Å². The van der Waals surface area contributed by atoms with Crippen LogP contribution in [0.15, 0.2) is 83.0 Å². The van der Waals surface area contributed by atoms with E-state index in [4.69, 9.17) is 9.84 Å². The number of hydrogen-bond donors (Lipinski definition) is 1. The number of aliphatic hydroxyl groups excluding tert-OH is 1. The van der Waals surface area contributed by atoms with Gasteiger partial charge in [0.15, 0.2) is 0 Å². The number of allylic oxidation sites excluding steroid dienone is 1. The van der Waals surface area contributed by atoms with Crippen molar-refractivity contribution < 1.29 is 19.4 Å². The molecule has 0 heterocycles. The topological polar surface area (TPSA) is 88.3 Å². The van der Waals surface area contributed by atoms with E-state index in [1.54, 1.807) is 60.9 Å². The van der Waals surface area contributed by atoms with Crippen molar-refractivity contribution in [1.29, 1.82) is 0 Å². The van der Waals surface area contributed by atoms with Crippen LogP contribution in [-0.2, 0) is 20.0 Å². The van der Waals surface area contributed by atoms with Crippen LogP contribution in [0.25, 0.3) is 0 Å². The van der Waals surface area contributed by atoms with Crippen molar-refractivity contribution in [2.75, 3.05) is 13.2 Å². The second-order valence-electron chi connectivity index (χ2n) is 4.87. The first-order chi connectivity index (χ1) is 12.7. The molecule has 0 unspecified atom stereocenters. The van der Waals surface area contributed by atoms with Gasteiger partial charge in [-0.15, -0.1) is 0 Å². The Morgan fingerprint density at radius 1 is 0.962 bits per heavy atom. The first-order valence-corrected chi connectivity index (χ1v) is 7.88. The average Bonchev–Trinajstić information content (AvgIpc) is 2.70. The lowest BCUT2D eigenvalue weighted by Gasteiger charge is -2.22. The molecule has 0 fully saturated rings. The van der Waals surface area contributed by atoms with E-state index >= 15 is 0 Å². The summed E-state index contributed by atoms with van der Waals surface area (Å²) in [6, 6.07) is 17.8. The number of benzene rings is 2. The van der Waals surface area contributed by atoms with Gasteiger partial charge in [0.25, 0.3) is 0 Å². The monoisotopic (exact) mass is 352 g/mol. The molecule has 0 saturated heterocycles. The molecule has 2 aromatic carbocycles. The van der Waals surface area contributed by atoms with Gasteiger partial charge in [-0.05, 0) is 6.92 Å². The molecule has 0 aromatic heterocycles. The second kappa shape index (κ2) is 12.1. The summed E-state index contributed by atoms with van der Waals surface area (Å²) in [5, 5.41) is 8.13. The minimum absolute atomic E-state index is 0.0876. The number of carbonyl (C=O) groups excluding carboxylic acids is 2. The fourth-order valence-corrected chi connectivity index (χ4v) is 2.14. The van der Waals surface area contributed by atoms with Crippen LogP contribution < -0.4 is 0 Å². The smallest absolute Gasteiger partial charge is 0.238 e. The van der Waals surface area contributed by atoms with Gasteiger partial charge in [-0.25, -0.2) is 9.59 Å². The van der Waals surface area contributed by atoms with E-state index in [0.29, 0.717) is 17.7 Å². The Kier molecular flexibility index (Phi) is 9.67. The lowest BCUT2D eigenvalue weighted by atomic mass is 9.92. The van der Waals surface area contributed by atoms with Gasteiger partial charge < -0.3 is 9.84 Å². The van der Waals surface area contributed by atoms with Crippen LogP contribution in [-0.4, -0.2) is 30.5 Å². The van der Waals surface area contributed by atoms with Gasteiger partial charge in [-0.2, -0.15) is 9.98 Å².